The van der Waals surface area contributed by atoms with Crippen LogP contribution >= 0.6 is 11.3 Å². The molecular formula is C22H30N5OS+. The SMILES string of the molecule is CC[NH+](CC)Cc1nc(Nc2ccc(C(=O)N(C)C)cc2)c2c(C)c(C)sc2n1. The summed E-state index contributed by atoms with van der Waals surface area (Å²) in [6.07, 6.45) is 0. The Morgan fingerprint density at radius 3 is 2.34 bits per heavy atom. The molecule has 0 spiro atoms. The van der Waals surface area contributed by atoms with Gasteiger partial charge < -0.3 is 15.1 Å². The van der Waals surface area contributed by atoms with Crippen molar-refractivity contribution < 1.29 is 9.69 Å². The quantitative estimate of drug-likeness (QED) is 0.626. The molecule has 3 aromatic rings. The molecule has 0 aliphatic carbocycles. The van der Waals surface area contributed by atoms with Crippen molar-refractivity contribution in [3.63, 3.8) is 0 Å². The summed E-state index contributed by atoms with van der Waals surface area (Å²) < 4.78 is 0. The van der Waals surface area contributed by atoms with E-state index in [0.29, 0.717) is 5.56 Å². The molecule has 0 radical (unpaired) electrons. The molecule has 2 N–H and O–H groups in total. The van der Waals surface area contributed by atoms with Crippen molar-refractivity contribution in [3.8, 4) is 0 Å². The monoisotopic (exact) mass is 412 g/mol. The lowest BCUT2D eigenvalue weighted by molar-refractivity contribution is -0.910. The number of benzene rings is 1. The van der Waals surface area contributed by atoms with Crippen LogP contribution in [0.5, 0.6) is 0 Å². The number of rotatable bonds is 7. The van der Waals surface area contributed by atoms with Crippen molar-refractivity contribution in [2.45, 2.75) is 34.2 Å². The molecule has 7 heteroatoms. The molecule has 1 aromatic carbocycles. The summed E-state index contributed by atoms with van der Waals surface area (Å²) in [5, 5.41) is 4.55. The third kappa shape index (κ3) is 4.57. The summed E-state index contributed by atoms with van der Waals surface area (Å²) in [7, 11) is 3.51. The molecule has 0 aliphatic heterocycles. The number of hydrogen-bond acceptors (Lipinski definition) is 5. The van der Waals surface area contributed by atoms with E-state index in [1.54, 1.807) is 30.3 Å². The van der Waals surface area contributed by atoms with Gasteiger partial charge >= 0.3 is 0 Å². The Morgan fingerprint density at radius 2 is 1.76 bits per heavy atom. The second-order valence-corrected chi connectivity index (χ2v) is 8.69. The maximum absolute atomic E-state index is 12.1. The van der Waals surface area contributed by atoms with Gasteiger partial charge in [0.25, 0.3) is 5.91 Å². The van der Waals surface area contributed by atoms with E-state index in [-0.39, 0.29) is 5.91 Å². The van der Waals surface area contributed by atoms with E-state index in [2.05, 4.69) is 33.0 Å². The zero-order valence-corrected chi connectivity index (χ0v) is 18.9. The molecule has 0 saturated heterocycles. The third-order valence-electron chi connectivity index (χ3n) is 5.28. The Balaban J connectivity index is 1.97. The lowest BCUT2D eigenvalue weighted by Gasteiger charge is -2.16. The summed E-state index contributed by atoms with van der Waals surface area (Å²) in [6.45, 7) is 11.5. The van der Waals surface area contributed by atoms with Crippen LogP contribution in [0, 0.1) is 13.8 Å². The highest BCUT2D eigenvalue weighted by molar-refractivity contribution is 7.18. The van der Waals surface area contributed by atoms with Gasteiger partial charge in [0.2, 0.25) is 0 Å². The number of amides is 1. The van der Waals surface area contributed by atoms with Crippen LogP contribution in [0.2, 0.25) is 0 Å². The largest absolute Gasteiger partial charge is 0.345 e. The first-order valence-electron chi connectivity index (χ1n) is 10.0. The Bertz CT molecular complexity index is 1010. The van der Waals surface area contributed by atoms with E-state index in [1.807, 2.05) is 24.3 Å². The summed E-state index contributed by atoms with van der Waals surface area (Å²) in [5.41, 5.74) is 2.79. The van der Waals surface area contributed by atoms with Gasteiger partial charge in [-0.25, -0.2) is 9.97 Å². The molecule has 0 saturated carbocycles. The number of aromatic nitrogens is 2. The highest BCUT2D eigenvalue weighted by atomic mass is 32.1. The van der Waals surface area contributed by atoms with Crippen LogP contribution in [-0.2, 0) is 6.54 Å². The average Bonchev–Trinajstić information content (AvgIpc) is 2.99. The number of aryl methyl sites for hydroxylation is 2. The van der Waals surface area contributed by atoms with Crippen molar-refractivity contribution in [2.24, 2.45) is 0 Å². The summed E-state index contributed by atoms with van der Waals surface area (Å²) >= 11 is 1.72. The number of thiophene rings is 1. The molecule has 29 heavy (non-hydrogen) atoms. The molecule has 2 aromatic heterocycles. The van der Waals surface area contributed by atoms with Crippen LogP contribution in [0.4, 0.5) is 11.5 Å². The van der Waals surface area contributed by atoms with E-state index in [4.69, 9.17) is 9.97 Å². The minimum atomic E-state index is -0.00485. The van der Waals surface area contributed by atoms with Crippen LogP contribution in [0.1, 0.15) is 40.5 Å². The maximum Gasteiger partial charge on any atom is 0.253 e. The van der Waals surface area contributed by atoms with E-state index in [0.717, 1.165) is 47.2 Å². The first kappa shape index (κ1) is 21.2. The maximum atomic E-state index is 12.1. The number of hydrogen-bond donors (Lipinski definition) is 2. The minimum absolute atomic E-state index is 0.00485. The van der Waals surface area contributed by atoms with Crippen LogP contribution < -0.4 is 10.2 Å². The fourth-order valence-corrected chi connectivity index (χ4v) is 4.33. The Labute approximate surface area is 176 Å². The molecule has 1 amide bonds. The van der Waals surface area contributed by atoms with Gasteiger partial charge in [0.15, 0.2) is 5.82 Å². The number of anilines is 2. The number of fused-ring (bicyclic) bond motifs is 1. The lowest BCUT2D eigenvalue weighted by atomic mass is 10.1. The van der Waals surface area contributed by atoms with Crippen LogP contribution in [-0.4, -0.2) is 48.0 Å². The Hall–Kier alpha value is -2.51. The molecule has 0 bridgehead atoms. The molecule has 0 fully saturated rings. The highest BCUT2D eigenvalue weighted by Crippen LogP contribution is 2.34. The molecule has 154 valence electrons. The van der Waals surface area contributed by atoms with Crippen molar-refractivity contribution in [2.75, 3.05) is 32.5 Å². The number of nitrogens with zero attached hydrogens (tertiary/aromatic N) is 3. The predicted octanol–water partition coefficient (Wildman–Crippen LogP) is 3.18. The summed E-state index contributed by atoms with van der Waals surface area (Å²) in [5.74, 6) is 1.69. The minimum Gasteiger partial charge on any atom is -0.345 e. The van der Waals surface area contributed by atoms with Gasteiger partial charge in [-0.3, -0.25) is 4.79 Å². The molecule has 3 rings (SSSR count). The molecule has 0 aliphatic rings. The summed E-state index contributed by atoms with van der Waals surface area (Å²) in [6, 6.07) is 7.54. The highest BCUT2D eigenvalue weighted by Gasteiger charge is 2.17. The molecular weight excluding hydrogens is 382 g/mol. The van der Waals surface area contributed by atoms with Crippen molar-refractivity contribution in [3.05, 3.63) is 46.1 Å². The second kappa shape index (κ2) is 8.88. The smallest absolute Gasteiger partial charge is 0.253 e. The fourth-order valence-electron chi connectivity index (χ4n) is 3.28. The van der Waals surface area contributed by atoms with Crippen LogP contribution in [0.3, 0.4) is 0 Å². The first-order valence-corrected chi connectivity index (χ1v) is 10.8. The van der Waals surface area contributed by atoms with E-state index in [9.17, 15) is 4.79 Å². The average molecular weight is 413 g/mol. The van der Waals surface area contributed by atoms with Gasteiger partial charge in [-0.05, 0) is 57.5 Å². The lowest BCUT2D eigenvalue weighted by Crippen LogP contribution is -3.10. The number of carbonyl (C=O) groups is 1. The second-order valence-electron chi connectivity index (χ2n) is 7.49. The van der Waals surface area contributed by atoms with Gasteiger partial charge in [-0.1, -0.05) is 0 Å². The van der Waals surface area contributed by atoms with Gasteiger partial charge in [0, 0.05) is 30.2 Å². The van der Waals surface area contributed by atoms with E-state index < -0.39 is 0 Å². The zero-order valence-electron chi connectivity index (χ0n) is 18.1. The van der Waals surface area contributed by atoms with Crippen LogP contribution in [0.15, 0.2) is 24.3 Å². The standard InChI is InChI=1S/C22H29N5OS/c1-7-27(8-2)13-18-24-20(19-14(3)15(4)29-21(19)25-18)23-17-11-9-16(10-12-17)22(28)26(5)6/h9-12H,7-8,13H2,1-6H3,(H,23,24,25)/p+1. The van der Waals surface area contributed by atoms with Crippen LogP contribution in [0.25, 0.3) is 10.2 Å². The molecule has 0 unspecified atom stereocenters. The van der Waals surface area contributed by atoms with E-state index in [1.165, 1.54) is 15.3 Å². The summed E-state index contributed by atoms with van der Waals surface area (Å²) in [4.78, 5) is 27.2. The fraction of sp³-hybridized carbons (Fsp3) is 0.409. The van der Waals surface area contributed by atoms with Crippen molar-refractivity contribution in [1.29, 1.82) is 0 Å². The molecule has 6 nitrogen and oxygen atoms in total. The molecule has 0 atom stereocenters. The zero-order chi connectivity index (χ0) is 21.1. The van der Waals surface area contributed by atoms with E-state index >= 15 is 0 Å². The van der Waals surface area contributed by atoms with Gasteiger partial charge in [0.05, 0.1) is 18.5 Å². The predicted molar refractivity (Wildman–Crippen MR) is 120 cm³/mol. The molecule has 2 heterocycles. The number of carbonyl (C=O) groups excluding carboxylic acids is 1. The Kier molecular flexibility index (Phi) is 6.49. The van der Waals surface area contributed by atoms with Crippen molar-refractivity contribution >= 4 is 39.0 Å². The first-order chi connectivity index (χ1) is 13.8. The normalized spacial score (nSPS) is 11.3. The Morgan fingerprint density at radius 1 is 1.10 bits per heavy atom. The van der Waals surface area contributed by atoms with Gasteiger partial charge in [0.1, 0.15) is 17.2 Å². The number of nitrogens with one attached hydrogen (secondary N) is 2. The van der Waals surface area contributed by atoms with Gasteiger partial charge in [-0.2, -0.15) is 0 Å². The topological polar surface area (TPSA) is 62.6 Å². The van der Waals surface area contributed by atoms with Gasteiger partial charge in [-0.15, -0.1) is 11.3 Å². The number of quaternary nitrogens is 1. The van der Waals surface area contributed by atoms with Crippen molar-refractivity contribution in [1.82, 2.24) is 14.9 Å². The third-order valence-corrected chi connectivity index (χ3v) is 6.39.